The maximum atomic E-state index is 13.2. The highest BCUT2D eigenvalue weighted by molar-refractivity contribution is 5.93. The fourth-order valence-electron chi connectivity index (χ4n) is 3.44. The van der Waals surface area contributed by atoms with E-state index in [9.17, 15) is 9.59 Å². The van der Waals surface area contributed by atoms with E-state index in [2.05, 4.69) is 5.32 Å². The van der Waals surface area contributed by atoms with Crippen LogP contribution < -0.4 is 10.1 Å². The maximum Gasteiger partial charge on any atom is 0.342 e. The van der Waals surface area contributed by atoms with Crippen molar-refractivity contribution in [3.63, 3.8) is 0 Å². The number of ether oxygens (including phenoxy) is 2. The molecule has 0 radical (unpaired) electrons. The summed E-state index contributed by atoms with van der Waals surface area (Å²) >= 11 is 0. The molecule has 4 aromatic carbocycles. The molecule has 1 unspecified atom stereocenters. The first kappa shape index (κ1) is 22.8. The molecule has 170 valence electrons. The minimum atomic E-state index is -0.937. The molecule has 0 aliphatic carbocycles. The van der Waals surface area contributed by atoms with Crippen molar-refractivity contribution in [3.05, 3.63) is 138 Å². The zero-order valence-electron chi connectivity index (χ0n) is 18.6. The second kappa shape index (κ2) is 11.5. The van der Waals surface area contributed by atoms with Crippen molar-refractivity contribution in [1.82, 2.24) is 5.32 Å². The van der Waals surface area contributed by atoms with Gasteiger partial charge in [-0.2, -0.15) is 0 Å². The summed E-state index contributed by atoms with van der Waals surface area (Å²) in [5.74, 6) is -0.539. The van der Waals surface area contributed by atoms with E-state index in [0.717, 1.165) is 11.1 Å². The molecule has 1 N–H and O–H groups in total. The lowest BCUT2D eigenvalue weighted by molar-refractivity contribution is -0.128. The highest BCUT2D eigenvalue weighted by Crippen LogP contribution is 2.27. The predicted octanol–water partition coefficient (Wildman–Crippen LogP) is 5.48. The third-order valence-electron chi connectivity index (χ3n) is 5.21. The fourth-order valence-corrected chi connectivity index (χ4v) is 3.44. The average Bonchev–Trinajstić information content (AvgIpc) is 2.91. The Hall–Kier alpha value is -4.38. The van der Waals surface area contributed by atoms with Crippen molar-refractivity contribution >= 4 is 11.9 Å². The Labute approximate surface area is 199 Å². The number of hydrogen-bond acceptors (Lipinski definition) is 4. The third-order valence-corrected chi connectivity index (χ3v) is 5.21. The zero-order chi connectivity index (χ0) is 23.6. The number of benzene rings is 4. The minimum absolute atomic E-state index is 0.147. The van der Waals surface area contributed by atoms with Crippen LogP contribution in [-0.2, 0) is 22.7 Å². The summed E-state index contributed by atoms with van der Waals surface area (Å²) < 4.78 is 11.6. The van der Waals surface area contributed by atoms with E-state index in [1.54, 1.807) is 24.3 Å². The van der Waals surface area contributed by atoms with Crippen molar-refractivity contribution in [1.29, 1.82) is 0 Å². The van der Waals surface area contributed by atoms with Gasteiger partial charge in [0.2, 0.25) is 6.10 Å². The van der Waals surface area contributed by atoms with Crippen LogP contribution in [0.25, 0.3) is 0 Å². The zero-order valence-corrected chi connectivity index (χ0v) is 18.6. The van der Waals surface area contributed by atoms with Crippen molar-refractivity contribution in [2.45, 2.75) is 19.3 Å². The van der Waals surface area contributed by atoms with E-state index < -0.39 is 12.1 Å². The molecular weight excluding hydrogens is 426 g/mol. The smallest absolute Gasteiger partial charge is 0.342 e. The number of para-hydroxylation sites is 1. The predicted molar refractivity (Wildman–Crippen MR) is 130 cm³/mol. The number of rotatable bonds is 9. The van der Waals surface area contributed by atoms with Gasteiger partial charge >= 0.3 is 5.97 Å². The van der Waals surface area contributed by atoms with Gasteiger partial charge in [0, 0.05) is 12.1 Å². The third kappa shape index (κ3) is 6.11. The standard InChI is InChI=1S/C29H25NO4/c31-28(30-20-22-12-4-1-5-13-22)27(24-16-8-3-9-17-24)34-26-19-11-10-18-25(26)29(32)33-21-23-14-6-2-7-15-23/h1-19,27H,20-21H2,(H,30,31). The van der Waals surface area contributed by atoms with Gasteiger partial charge in [0.25, 0.3) is 5.91 Å². The van der Waals surface area contributed by atoms with Gasteiger partial charge in [-0.1, -0.05) is 103 Å². The Morgan fingerprint density at radius 2 is 1.24 bits per heavy atom. The van der Waals surface area contributed by atoms with Gasteiger partial charge in [-0.25, -0.2) is 4.79 Å². The Morgan fingerprint density at radius 1 is 0.676 bits per heavy atom. The van der Waals surface area contributed by atoms with Gasteiger partial charge in [-0.15, -0.1) is 0 Å². The molecule has 0 aliphatic heterocycles. The van der Waals surface area contributed by atoms with Crippen LogP contribution in [0.4, 0.5) is 0 Å². The van der Waals surface area contributed by atoms with Crippen LogP contribution in [0.5, 0.6) is 5.75 Å². The van der Waals surface area contributed by atoms with Gasteiger partial charge in [-0.05, 0) is 23.3 Å². The molecule has 0 aliphatic rings. The molecule has 4 aromatic rings. The summed E-state index contributed by atoms with van der Waals surface area (Å²) in [6, 6.07) is 35.1. The lowest BCUT2D eigenvalue weighted by atomic mass is 10.1. The van der Waals surface area contributed by atoms with Crippen LogP contribution in [0.3, 0.4) is 0 Å². The van der Waals surface area contributed by atoms with Crippen LogP contribution in [0.2, 0.25) is 0 Å². The highest BCUT2D eigenvalue weighted by atomic mass is 16.5. The first-order valence-electron chi connectivity index (χ1n) is 11.0. The topological polar surface area (TPSA) is 64.6 Å². The maximum absolute atomic E-state index is 13.2. The molecule has 5 nitrogen and oxygen atoms in total. The van der Waals surface area contributed by atoms with E-state index in [0.29, 0.717) is 12.1 Å². The summed E-state index contributed by atoms with van der Waals surface area (Å²) in [6.45, 7) is 0.515. The molecule has 34 heavy (non-hydrogen) atoms. The number of amides is 1. The lowest BCUT2D eigenvalue weighted by Crippen LogP contribution is -2.32. The molecular formula is C29H25NO4. The molecule has 0 aromatic heterocycles. The van der Waals surface area contributed by atoms with Gasteiger partial charge in [0.05, 0.1) is 0 Å². The molecule has 0 heterocycles. The van der Waals surface area contributed by atoms with Crippen molar-refractivity contribution in [2.24, 2.45) is 0 Å². The summed E-state index contributed by atoms with van der Waals surface area (Å²) in [6.07, 6.45) is -0.937. The van der Waals surface area contributed by atoms with E-state index in [1.165, 1.54) is 0 Å². The van der Waals surface area contributed by atoms with Crippen LogP contribution >= 0.6 is 0 Å². The Balaban J connectivity index is 1.52. The summed E-state index contributed by atoms with van der Waals surface area (Å²) in [5, 5.41) is 2.93. The highest BCUT2D eigenvalue weighted by Gasteiger charge is 2.25. The summed E-state index contributed by atoms with van der Waals surface area (Å²) in [7, 11) is 0. The van der Waals surface area contributed by atoms with Crippen molar-refractivity contribution in [3.8, 4) is 5.75 Å². The van der Waals surface area contributed by atoms with E-state index >= 15 is 0 Å². The van der Waals surface area contributed by atoms with E-state index in [1.807, 2.05) is 91.0 Å². The van der Waals surface area contributed by atoms with Crippen LogP contribution in [-0.4, -0.2) is 11.9 Å². The second-order valence-electron chi connectivity index (χ2n) is 7.67. The lowest BCUT2D eigenvalue weighted by Gasteiger charge is -2.21. The number of carbonyl (C=O) groups is 2. The first-order valence-corrected chi connectivity index (χ1v) is 11.0. The van der Waals surface area contributed by atoms with Gasteiger partial charge in [-0.3, -0.25) is 4.79 Å². The molecule has 0 bridgehead atoms. The second-order valence-corrected chi connectivity index (χ2v) is 7.67. The Bertz CT molecular complexity index is 1210. The molecule has 0 saturated heterocycles. The van der Waals surface area contributed by atoms with Gasteiger partial charge < -0.3 is 14.8 Å². The van der Waals surface area contributed by atoms with Crippen LogP contribution in [0.1, 0.15) is 33.2 Å². The average molecular weight is 452 g/mol. The Morgan fingerprint density at radius 3 is 1.91 bits per heavy atom. The number of hydrogen-bond donors (Lipinski definition) is 1. The molecule has 1 atom stereocenters. The Kier molecular flexibility index (Phi) is 7.70. The monoisotopic (exact) mass is 451 g/mol. The summed E-state index contributed by atoms with van der Waals surface area (Å²) in [5.41, 5.74) is 2.81. The largest absolute Gasteiger partial charge is 0.475 e. The first-order chi connectivity index (χ1) is 16.7. The quantitative estimate of drug-likeness (QED) is 0.342. The van der Waals surface area contributed by atoms with Crippen molar-refractivity contribution < 1.29 is 19.1 Å². The van der Waals surface area contributed by atoms with Crippen LogP contribution in [0, 0.1) is 0 Å². The molecule has 0 fully saturated rings. The molecule has 4 rings (SSSR count). The molecule has 0 saturated carbocycles. The van der Waals surface area contributed by atoms with Crippen molar-refractivity contribution in [2.75, 3.05) is 0 Å². The van der Waals surface area contributed by atoms with Gasteiger partial charge in [0.15, 0.2) is 0 Å². The number of esters is 1. The SMILES string of the molecule is O=C(OCc1ccccc1)c1ccccc1OC(C(=O)NCc1ccccc1)c1ccccc1. The molecule has 5 heteroatoms. The minimum Gasteiger partial charge on any atom is -0.475 e. The van der Waals surface area contributed by atoms with E-state index in [4.69, 9.17) is 9.47 Å². The van der Waals surface area contributed by atoms with Crippen LogP contribution in [0.15, 0.2) is 115 Å². The molecule has 1 amide bonds. The fraction of sp³-hybridized carbons (Fsp3) is 0.103. The normalized spacial score (nSPS) is 11.3. The number of nitrogens with one attached hydrogen (secondary N) is 1. The molecule has 0 spiro atoms. The van der Waals surface area contributed by atoms with E-state index in [-0.39, 0.29) is 23.8 Å². The number of carbonyl (C=O) groups excluding carboxylic acids is 2. The summed E-state index contributed by atoms with van der Waals surface area (Å²) in [4.78, 5) is 26.0. The van der Waals surface area contributed by atoms with Gasteiger partial charge in [0.1, 0.15) is 17.9 Å².